The molecule has 1 rings (SSSR count). The van der Waals surface area contributed by atoms with Gasteiger partial charge in [0, 0.05) is 6.07 Å². The molecule has 5 nitrogen and oxygen atoms in total. The summed E-state index contributed by atoms with van der Waals surface area (Å²) in [5.74, 6) is 0.300. The summed E-state index contributed by atoms with van der Waals surface area (Å²) in [6, 6.07) is 4.53. The first-order chi connectivity index (χ1) is 12.6. The smallest absolute Gasteiger partial charge is 0.338 e. The molecule has 0 N–H and O–H groups in total. The third-order valence-corrected chi connectivity index (χ3v) is 5.48. The average Bonchev–Trinajstić information content (AvgIpc) is 2.65. The van der Waals surface area contributed by atoms with Crippen LogP contribution in [-0.2, 0) is 4.74 Å². The third kappa shape index (κ3) is 8.70. The van der Waals surface area contributed by atoms with Crippen molar-refractivity contribution in [3.8, 4) is 0 Å². The molecule has 0 amide bonds. The molecule has 0 aromatic heterocycles. The Kier molecular flexibility index (Phi) is 11.8. The van der Waals surface area contributed by atoms with Crippen LogP contribution in [0.15, 0.2) is 23.1 Å². The van der Waals surface area contributed by atoms with Gasteiger partial charge in [-0.1, -0.05) is 64.7 Å². The molecule has 0 radical (unpaired) electrons. The van der Waals surface area contributed by atoms with Gasteiger partial charge < -0.3 is 4.74 Å². The van der Waals surface area contributed by atoms with Gasteiger partial charge in [0.15, 0.2) is 0 Å². The molecule has 1 aromatic rings. The number of benzene rings is 1. The number of methoxy groups -OCH3 is 1. The molecule has 0 unspecified atom stereocenters. The third-order valence-electron chi connectivity index (χ3n) is 4.33. The van der Waals surface area contributed by atoms with Gasteiger partial charge in [-0.05, 0) is 24.3 Å². The molecule has 0 heterocycles. The molecular formula is C20H31NO4S. The zero-order valence-corrected chi connectivity index (χ0v) is 16.8. The number of carbonyl (C=O) groups is 1. The molecule has 6 heteroatoms. The first-order valence-corrected chi connectivity index (χ1v) is 10.6. The van der Waals surface area contributed by atoms with E-state index in [2.05, 4.69) is 11.7 Å². The van der Waals surface area contributed by atoms with E-state index in [0.717, 1.165) is 18.6 Å². The van der Waals surface area contributed by atoms with Gasteiger partial charge >= 0.3 is 5.97 Å². The number of unbranched alkanes of at least 4 members (excludes halogenated alkanes) is 9. The number of nitrogens with zero attached hydrogens (tertiary/aromatic N) is 1. The topological polar surface area (TPSA) is 69.4 Å². The highest BCUT2D eigenvalue weighted by atomic mass is 32.2. The van der Waals surface area contributed by atoms with Crippen molar-refractivity contribution >= 4 is 23.4 Å². The number of hydrogen-bond donors (Lipinski definition) is 0. The first kappa shape index (κ1) is 22.5. The highest BCUT2D eigenvalue weighted by Gasteiger charge is 2.18. The lowest BCUT2D eigenvalue weighted by Crippen LogP contribution is -2.02. The van der Waals surface area contributed by atoms with E-state index in [-0.39, 0.29) is 11.3 Å². The Morgan fingerprint density at radius 2 is 1.62 bits per heavy atom. The van der Waals surface area contributed by atoms with Crippen molar-refractivity contribution in [1.82, 2.24) is 0 Å². The highest BCUT2D eigenvalue weighted by molar-refractivity contribution is 7.99. The summed E-state index contributed by atoms with van der Waals surface area (Å²) in [5.41, 5.74) is 0.187. The lowest BCUT2D eigenvalue weighted by Gasteiger charge is -2.05. The van der Waals surface area contributed by atoms with Crippen LogP contribution in [0.1, 0.15) is 81.5 Å². The molecule has 1 aromatic carbocycles. The second kappa shape index (κ2) is 13.6. The van der Waals surface area contributed by atoms with Crippen LogP contribution in [0.25, 0.3) is 0 Å². The van der Waals surface area contributed by atoms with Crippen LogP contribution in [0.5, 0.6) is 0 Å². The van der Waals surface area contributed by atoms with Gasteiger partial charge in [-0.2, -0.15) is 0 Å². The summed E-state index contributed by atoms with van der Waals surface area (Å²) in [7, 11) is 1.27. The Bertz CT molecular complexity index is 563. The molecule has 0 atom stereocenters. The zero-order valence-electron chi connectivity index (χ0n) is 16.0. The van der Waals surface area contributed by atoms with Crippen LogP contribution in [0.4, 0.5) is 5.69 Å². The molecular weight excluding hydrogens is 350 g/mol. The number of esters is 1. The number of nitro benzene ring substituents is 1. The van der Waals surface area contributed by atoms with Crippen molar-refractivity contribution in [2.24, 2.45) is 0 Å². The standard InChI is InChI=1S/C20H31NO4S/c1-3-4-5-6-7-8-9-10-11-12-15-26-19-14-13-17(20(22)25-2)16-18(19)21(23)24/h13-14,16H,3-12,15H2,1-2H3. The SMILES string of the molecule is CCCCCCCCCCCCSc1ccc(C(=O)OC)cc1[N+](=O)[O-]. The minimum absolute atomic E-state index is 0.0232. The van der Waals surface area contributed by atoms with Crippen molar-refractivity contribution in [1.29, 1.82) is 0 Å². The number of thioether (sulfide) groups is 1. The molecule has 146 valence electrons. The Hall–Kier alpha value is -1.56. The van der Waals surface area contributed by atoms with Gasteiger partial charge in [-0.15, -0.1) is 11.8 Å². The van der Waals surface area contributed by atoms with Crippen LogP contribution in [0, 0.1) is 10.1 Å². The Balaban J connectivity index is 2.26. The number of nitro groups is 1. The minimum Gasteiger partial charge on any atom is -0.465 e. The predicted molar refractivity (Wildman–Crippen MR) is 107 cm³/mol. The molecule has 0 spiro atoms. The Morgan fingerprint density at radius 3 is 2.15 bits per heavy atom. The number of hydrogen-bond acceptors (Lipinski definition) is 5. The lowest BCUT2D eigenvalue weighted by atomic mass is 10.1. The van der Waals surface area contributed by atoms with Crippen molar-refractivity contribution in [3.63, 3.8) is 0 Å². The summed E-state index contributed by atoms with van der Waals surface area (Å²) in [6.07, 6.45) is 12.8. The lowest BCUT2D eigenvalue weighted by molar-refractivity contribution is -0.387. The van der Waals surface area contributed by atoms with E-state index in [4.69, 9.17) is 0 Å². The Labute approximate surface area is 161 Å². The maximum atomic E-state index is 11.5. The summed E-state index contributed by atoms with van der Waals surface area (Å²) in [4.78, 5) is 22.9. The monoisotopic (exact) mass is 381 g/mol. The fourth-order valence-corrected chi connectivity index (χ4v) is 3.81. The largest absolute Gasteiger partial charge is 0.465 e. The van der Waals surface area contributed by atoms with E-state index in [9.17, 15) is 14.9 Å². The summed E-state index contributed by atoms with van der Waals surface area (Å²) < 4.78 is 4.62. The Morgan fingerprint density at radius 1 is 1.04 bits per heavy atom. The van der Waals surface area contributed by atoms with Crippen LogP contribution in [0.2, 0.25) is 0 Å². The maximum absolute atomic E-state index is 11.5. The molecule has 0 fully saturated rings. The summed E-state index contributed by atoms with van der Waals surface area (Å²) in [6.45, 7) is 2.24. The van der Waals surface area contributed by atoms with Crippen molar-refractivity contribution in [3.05, 3.63) is 33.9 Å². The van der Waals surface area contributed by atoms with Gasteiger partial charge in [0.05, 0.1) is 22.5 Å². The fraction of sp³-hybridized carbons (Fsp3) is 0.650. The molecule has 26 heavy (non-hydrogen) atoms. The summed E-state index contributed by atoms with van der Waals surface area (Å²) in [5, 5.41) is 11.2. The molecule has 0 aliphatic rings. The van der Waals surface area contributed by atoms with Gasteiger partial charge in [0.1, 0.15) is 0 Å². The fourth-order valence-electron chi connectivity index (χ4n) is 2.80. The van der Waals surface area contributed by atoms with E-state index >= 15 is 0 Å². The van der Waals surface area contributed by atoms with Gasteiger partial charge in [0.2, 0.25) is 0 Å². The van der Waals surface area contributed by atoms with Crippen LogP contribution < -0.4 is 0 Å². The van der Waals surface area contributed by atoms with Crippen molar-refractivity contribution < 1.29 is 14.5 Å². The van der Waals surface area contributed by atoms with Gasteiger partial charge in [-0.25, -0.2) is 4.79 Å². The van der Waals surface area contributed by atoms with E-state index < -0.39 is 10.9 Å². The first-order valence-electron chi connectivity index (χ1n) is 9.59. The van der Waals surface area contributed by atoms with E-state index in [1.165, 1.54) is 76.3 Å². The van der Waals surface area contributed by atoms with Crippen LogP contribution in [0.3, 0.4) is 0 Å². The quantitative estimate of drug-likeness (QED) is 0.123. The van der Waals surface area contributed by atoms with Crippen molar-refractivity contribution in [2.75, 3.05) is 12.9 Å². The molecule has 0 aliphatic heterocycles. The average molecular weight is 382 g/mol. The molecule has 0 aliphatic carbocycles. The second-order valence-corrected chi connectivity index (χ2v) is 7.60. The molecule has 0 saturated carbocycles. The second-order valence-electron chi connectivity index (χ2n) is 6.46. The van der Waals surface area contributed by atoms with Crippen LogP contribution >= 0.6 is 11.8 Å². The zero-order chi connectivity index (χ0) is 19.2. The number of carbonyl (C=O) groups excluding carboxylic acids is 1. The van der Waals surface area contributed by atoms with E-state index in [1.54, 1.807) is 12.1 Å². The van der Waals surface area contributed by atoms with Gasteiger partial charge in [-0.3, -0.25) is 10.1 Å². The van der Waals surface area contributed by atoms with E-state index in [0.29, 0.717) is 4.90 Å². The van der Waals surface area contributed by atoms with E-state index in [1.807, 2.05) is 0 Å². The number of ether oxygens (including phenoxy) is 1. The highest BCUT2D eigenvalue weighted by Crippen LogP contribution is 2.31. The molecule has 0 bridgehead atoms. The minimum atomic E-state index is -0.556. The maximum Gasteiger partial charge on any atom is 0.338 e. The van der Waals surface area contributed by atoms with Gasteiger partial charge in [0.25, 0.3) is 5.69 Å². The molecule has 0 saturated heterocycles. The van der Waals surface area contributed by atoms with Crippen LogP contribution in [-0.4, -0.2) is 23.8 Å². The van der Waals surface area contributed by atoms with Crippen molar-refractivity contribution in [2.45, 2.75) is 76.0 Å². The number of rotatable bonds is 14. The normalized spacial score (nSPS) is 10.7. The summed E-state index contributed by atoms with van der Waals surface area (Å²) >= 11 is 1.49. The predicted octanol–water partition coefficient (Wildman–Crippen LogP) is 6.39.